The Morgan fingerprint density at radius 1 is 1.25 bits per heavy atom. The number of thioether (sulfide) groups is 1. The molecule has 4 aromatic rings. The topological polar surface area (TPSA) is 87.7 Å². The highest BCUT2D eigenvalue weighted by Gasteiger charge is 2.27. The van der Waals surface area contributed by atoms with Crippen LogP contribution in [0.3, 0.4) is 0 Å². The second kappa shape index (κ2) is 8.25. The van der Waals surface area contributed by atoms with E-state index < -0.39 is 0 Å². The van der Waals surface area contributed by atoms with Gasteiger partial charge in [0.15, 0.2) is 5.16 Å². The lowest BCUT2D eigenvalue weighted by Crippen LogP contribution is -2.22. The van der Waals surface area contributed by atoms with E-state index in [0.717, 1.165) is 35.0 Å². The van der Waals surface area contributed by atoms with Gasteiger partial charge in [-0.25, -0.2) is 8.97 Å². The van der Waals surface area contributed by atoms with Crippen LogP contribution in [0.25, 0.3) is 21.7 Å². The molecule has 1 aliphatic carbocycles. The lowest BCUT2D eigenvalue weighted by molar-refractivity contribution is -0.137. The van der Waals surface area contributed by atoms with Gasteiger partial charge in [-0.3, -0.25) is 9.59 Å². The van der Waals surface area contributed by atoms with Crippen molar-refractivity contribution in [1.82, 2.24) is 19.2 Å². The first-order chi connectivity index (χ1) is 15.5. The molecule has 8 nitrogen and oxygen atoms in total. The number of thiophene rings is 1. The van der Waals surface area contributed by atoms with Crippen LogP contribution < -0.4 is 10.3 Å². The molecule has 10 heteroatoms. The Bertz CT molecular complexity index is 1390. The van der Waals surface area contributed by atoms with Crippen molar-refractivity contribution in [1.29, 1.82) is 0 Å². The van der Waals surface area contributed by atoms with Gasteiger partial charge in [0.25, 0.3) is 5.56 Å². The van der Waals surface area contributed by atoms with Gasteiger partial charge in [-0.2, -0.15) is 0 Å². The highest BCUT2D eigenvalue weighted by molar-refractivity contribution is 7.99. The molecule has 1 aromatic carbocycles. The largest absolute Gasteiger partial charge is 0.497 e. The fraction of sp³-hybridized carbons (Fsp3) is 0.364. The summed E-state index contributed by atoms with van der Waals surface area (Å²) in [5.41, 5.74) is 1.72. The number of carbonyl (C=O) groups is 1. The zero-order valence-corrected chi connectivity index (χ0v) is 19.6. The lowest BCUT2D eigenvalue weighted by Gasteiger charge is -2.17. The minimum atomic E-state index is -0.342. The van der Waals surface area contributed by atoms with Crippen molar-refractivity contribution in [3.05, 3.63) is 45.1 Å². The number of rotatable bonds is 5. The first-order valence-corrected chi connectivity index (χ1v) is 12.1. The molecule has 0 radical (unpaired) electrons. The van der Waals surface area contributed by atoms with Crippen LogP contribution in [0, 0.1) is 5.92 Å². The normalized spacial score (nSPS) is 15.8. The molecule has 0 spiro atoms. The van der Waals surface area contributed by atoms with E-state index in [4.69, 9.17) is 9.47 Å². The molecule has 3 aromatic heterocycles. The maximum Gasteiger partial charge on any atom is 0.316 e. The molecule has 0 amide bonds. The lowest BCUT2D eigenvalue weighted by atomic mass is 9.89. The van der Waals surface area contributed by atoms with Gasteiger partial charge in [0.1, 0.15) is 10.6 Å². The summed E-state index contributed by atoms with van der Waals surface area (Å²) in [6.07, 6.45) is 2.91. The monoisotopic (exact) mass is 470 g/mol. The summed E-state index contributed by atoms with van der Waals surface area (Å²) in [6.45, 7) is 2.25. The zero-order valence-electron chi connectivity index (χ0n) is 18.0. The molecule has 5 rings (SSSR count). The third-order valence-electron chi connectivity index (χ3n) is 5.81. The van der Waals surface area contributed by atoms with Gasteiger partial charge >= 0.3 is 5.97 Å². The average molecular weight is 471 g/mol. The number of esters is 1. The van der Waals surface area contributed by atoms with Gasteiger partial charge in [0.05, 0.1) is 31.0 Å². The van der Waals surface area contributed by atoms with Crippen molar-refractivity contribution in [3.8, 4) is 11.4 Å². The molecule has 0 unspecified atom stereocenters. The second-order valence-electron chi connectivity index (χ2n) is 7.85. The molecule has 0 aliphatic heterocycles. The molecular formula is C22H22N4O4S2. The molecule has 166 valence electrons. The highest BCUT2D eigenvalue weighted by Crippen LogP contribution is 2.38. The Hall–Kier alpha value is -2.85. The van der Waals surface area contributed by atoms with Crippen LogP contribution in [0.5, 0.6) is 5.75 Å². The quantitative estimate of drug-likeness (QED) is 0.326. The second-order valence-corrected chi connectivity index (χ2v) is 9.88. The van der Waals surface area contributed by atoms with E-state index in [1.54, 1.807) is 23.0 Å². The molecule has 1 atom stereocenters. The van der Waals surface area contributed by atoms with Crippen molar-refractivity contribution in [2.24, 2.45) is 5.92 Å². The van der Waals surface area contributed by atoms with E-state index in [-0.39, 0.29) is 17.3 Å². The summed E-state index contributed by atoms with van der Waals surface area (Å²) in [7, 11) is 2.96. The first-order valence-electron chi connectivity index (χ1n) is 10.3. The van der Waals surface area contributed by atoms with Crippen LogP contribution in [-0.2, 0) is 22.4 Å². The Labute approximate surface area is 192 Å². The molecule has 0 bridgehead atoms. The summed E-state index contributed by atoms with van der Waals surface area (Å²) >= 11 is 2.89. The Morgan fingerprint density at radius 2 is 2.03 bits per heavy atom. The minimum Gasteiger partial charge on any atom is -0.497 e. The fourth-order valence-electron chi connectivity index (χ4n) is 4.14. The summed E-state index contributed by atoms with van der Waals surface area (Å²) in [5, 5.41) is 9.96. The van der Waals surface area contributed by atoms with Crippen LogP contribution in [0.2, 0.25) is 0 Å². The predicted molar refractivity (Wildman–Crippen MR) is 124 cm³/mol. The zero-order chi connectivity index (χ0) is 22.4. The predicted octanol–water partition coefficient (Wildman–Crippen LogP) is 3.49. The number of carbonyl (C=O) groups excluding carboxylic acids is 1. The number of ether oxygens (including phenoxy) is 2. The maximum atomic E-state index is 13.8. The number of hydrogen-bond acceptors (Lipinski definition) is 8. The van der Waals surface area contributed by atoms with Gasteiger partial charge in [-0.05, 0) is 55.0 Å². The molecule has 0 fully saturated rings. The van der Waals surface area contributed by atoms with E-state index in [1.807, 2.05) is 28.7 Å². The molecule has 0 N–H and O–H groups in total. The van der Waals surface area contributed by atoms with Crippen molar-refractivity contribution < 1.29 is 14.3 Å². The molecule has 0 saturated heterocycles. The molecule has 32 heavy (non-hydrogen) atoms. The van der Waals surface area contributed by atoms with Gasteiger partial charge in [-0.15, -0.1) is 21.5 Å². The van der Waals surface area contributed by atoms with Crippen molar-refractivity contribution in [2.45, 2.75) is 31.3 Å². The van der Waals surface area contributed by atoms with Gasteiger partial charge in [0, 0.05) is 4.88 Å². The minimum absolute atomic E-state index is 0.0957. The fourth-order valence-corrected chi connectivity index (χ4v) is 6.47. The highest BCUT2D eigenvalue weighted by atomic mass is 32.2. The van der Waals surface area contributed by atoms with Crippen molar-refractivity contribution in [3.63, 3.8) is 0 Å². The Kier molecular flexibility index (Phi) is 5.42. The summed E-state index contributed by atoms with van der Waals surface area (Å²) in [6, 6.07) is 7.30. The Balaban J connectivity index is 1.80. The van der Waals surface area contributed by atoms with Crippen LogP contribution in [0.1, 0.15) is 23.8 Å². The third-order valence-corrected chi connectivity index (χ3v) is 7.95. The number of fused-ring (bicyclic) bond motifs is 5. The number of aryl methyl sites for hydroxylation is 1. The van der Waals surface area contributed by atoms with Gasteiger partial charge < -0.3 is 9.47 Å². The molecule has 3 heterocycles. The van der Waals surface area contributed by atoms with E-state index in [0.29, 0.717) is 28.3 Å². The SMILES string of the molecule is COC(=O)CSc1nnc2n(-c3ccc(OC)cc3)c(=O)c3c4c(sc3n12)C[C@@H](C)CC4. The van der Waals surface area contributed by atoms with Crippen LogP contribution >= 0.6 is 23.1 Å². The number of nitrogens with zero attached hydrogens (tertiary/aromatic N) is 4. The number of methoxy groups -OCH3 is 2. The molecule has 1 aliphatic rings. The van der Waals surface area contributed by atoms with E-state index in [9.17, 15) is 9.59 Å². The average Bonchev–Trinajstić information content (AvgIpc) is 3.39. The Morgan fingerprint density at radius 3 is 2.75 bits per heavy atom. The van der Waals surface area contributed by atoms with Gasteiger partial charge in [0.2, 0.25) is 5.78 Å². The summed E-state index contributed by atoms with van der Waals surface area (Å²) in [5.74, 6) is 1.49. The summed E-state index contributed by atoms with van der Waals surface area (Å²) < 4.78 is 13.6. The number of benzene rings is 1. The van der Waals surface area contributed by atoms with E-state index in [1.165, 1.54) is 23.7 Å². The summed E-state index contributed by atoms with van der Waals surface area (Å²) in [4.78, 5) is 27.6. The van der Waals surface area contributed by atoms with Crippen molar-refractivity contribution >= 4 is 45.1 Å². The first kappa shape index (κ1) is 21.0. The molecule has 0 saturated carbocycles. The number of aromatic nitrogens is 4. The standard InChI is InChI=1S/C22H22N4O4S2/c1-12-4-9-15-16(10-12)32-20-18(15)19(28)25(13-5-7-14(29-2)8-6-13)21-23-24-22(26(20)21)31-11-17(27)30-3/h5-8,12H,4,9-11H2,1-3H3/t12-/m0/s1. The van der Waals surface area contributed by atoms with Crippen molar-refractivity contribution in [2.75, 3.05) is 20.0 Å². The van der Waals surface area contributed by atoms with Crippen LogP contribution in [0.15, 0.2) is 34.2 Å². The molecular weight excluding hydrogens is 448 g/mol. The van der Waals surface area contributed by atoms with Crippen LogP contribution in [0.4, 0.5) is 0 Å². The van der Waals surface area contributed by atoms with E-state index >= 15 is 0 Å². The third kappa shape index (κ3) is 3.38. The van der Waals surface area contributed by atoms with Gasteiger partial charge in [-0.1, -0.05) is 18.7 Å². The number of hydrogen-bond donors (Lipinski definition) is 0. The smallest absolute Gasteiger partial charge is 0.316 e. The van der Waals surface area contributed by atoms with E-state index in [2.05, 4.69) is 17.1 Å². The van der Waals surface area contributed by atoms with Crippen LogP contribution in [-0.4, -0.2) is 45.1 Å². The maximum absolute atomic E-state index is 13.8.